The molecule has 0 spiro atoms. The summed E-state index contributed by atoms with van der Waals surface area (Å²) in [5, 5.41) is 4.70. The van der Waals surface area contributed by atoms with Gasteiger partial charge in [-0.3, -0.25) is 4.68 Å². The Morgan fingerprint density at radius 3 is 2.62 bits per heavy atom. The molecule has 1 aliphatic rings. The average molecular weight is 285 g/mol. The molecule has 4 heteroatoms. The van der Waals surface area contributed by atoms with Crippen LogP contribution in [0, 0.1) is 0 Å². The summed E-state index contributed by atoms with van der Waals surface area (Å²) < 4.78 is 7.66. The zero-order chi connectivity index (χ0) is 14.7. The number of anilines is 1. The fraction of sp³-hybridized carbons (Fsp3) is 0.471. The molecular formula is C17H23N3O. The van der Waals surface area contributed by atoms with Crippen LogP contribution in [0.5, 0.6) is 5.75 Å². The Morgan fingerprint density at radius 1 is 1.24 bits per heavy atom. The molecule has 2 aromatic rings. The molecule has 0 radical (unpaired) electrons. The standard InChI is InChI=1S/C17H23N3O/c1-2-11-21-15-9-7-13(8-10-15)17-16(18)12-20(19-17)14-5-3-4-6-14/h7-10,12,14H,2-6,11,18H2,1H3. The normalized spacial score (nSPS) is 15.5. The second kappa shape index (κ2) is 6.20. The molecule has 0 bridgehead atoms. The van der Waals surface area contributed by atoms with E-state index in [9.17, 15) is 0 Å². The SMILES string of the molecule is CCCOc1ccc(-c2nn(C3CCCC3)cc2N)cc1. The summed E-state index contributed by atoms with van der Waals surface area (Å²) in [6, 6.07) is 8.55. The van der Waals surface area contributed by atoms with Gasteiger partial charge in [-0.15, -0.1) is 0 Å². The van der Waals surface area contributed by atoms with Crippen molar-refractivity contribution in [2.75, 3.05) is 12.3 Å². The summed E-state index contributed by atoms with van der Waals surface area (Å²) in [5.74, 6) is 0.898. The van der Waals surface area contributed by atoms with Gasteiger partial charge in [-0.1, -0.05) is 19.8 Å². The molecular weight excluding hydrogens is 262 g/mol. The number of nitrogens with zero attached hydrogens (tertiary/aromatic N) is 2. The van der Waals surface area contributed by atoms with Crippen molar-refractivity contribution in [3.05, 3.63) is 30.5 Å². The van der Waals surface area contributed by atoms with Crippen molar-refractivity contribution in [1.29, 1.82) is 0 Å². The zero-order valence-corrected chi connectivity index (χ0v) is 12.6. The monoisotopic (exact) mass is 285 g/mol. The lowest BCUT2D eigenvalue weighted by atomic mass is 10.1. The molecule has 1 fully saturated rings. The minimum Gasteiger partial charge on any atom is -0.494 e. The fourth-order valence-corrected chi connectivity index (χ4v) is 2.91. The minimum atomic E-state index is 0.521. The molecule has 2 N–H and O–H groups in total. The van der Waals surface area contributed by atoms with Crippen molar-refractivity contribution in [3.8, 4) is 17.0 Å². The van der Waals surface area contributed by atoms with Crippen LogP contribution in [0.15, 0.2) is 30.5 Å². The van der Waals surface area contributed by atoms with E-state index < -0.39 is 0 Å². The lowest BCUT2D eigenvalue weighted by molar-refractivity contribution is 0.317. The second-order valence-corrected chi connectivity index (χ2v) is 5.72. The molecule has 3 rings (SSSR count). The van der Waals surface area contributed by atoms with Gasteiger partial charge in [0.1, 0.15) is 11.4 Å². The van der Waals surface area contributed by atoms with Gasteiger partial charge < -0.3 is 10.5 Å². The number of hydrogen-bond donors (Lipinski definition) is 1. The van der Waals surface area contributed by atoms with E-state index >= 15 is 0 Å². The molecule has 1 aromatic carbocycles. The van der Waals surface area contributed by atoms with Crippen LogP contribution in [-0.2, 0) is 0 Å². The van der Waals surface area contributed by atoms with Crippen LogP contribution < -0.4 is 10.5 Å². The number of benzene rings is 1. The van der Waals surface area contributed by atoms with Gasteiger partial charge in [0.05, 0.1) is 18.3 Å². The maximum absolute atomic E-state index is 6.14. The molecule has 0 atom stereocenters. The number of hydrogen-bond acceptors (Lipinski definition) is 3. The van der Waals surface area contributed by atoms with E-state index in [2.05, 4.69) is 11.6 Å². The second-order valence-electron chi connectivity index (χ2n) is 5.72. The average Bonchev–Trinajstić information content (AvgIpc) is 3.15. The first-order valence-corrected chi connectivity index (χ1v) is 7.86. The van der Waals surface area contributed by atoms with Crippen LogP contribution in [0.25, 0.3) is 11.3 Å². The van der Waals surface area contributed by atoms with Crippen molar-refractivity contribution >= 4 is 5.69 Å². The molecule has 0 saturated heterocycles. The molecule has 21 heavy (non-hydrogen) atoms. The Balaban J connectivity index is 1.79. The van der Waals surface area contributed by atoms with Crippen LogP contribution in [0.2, 0.25) is 0 Å². The molecule has 4 nitrogen and oxygen atoms in total. The molecule has 1 aliphatic carbocycles. The molecule has 1 heterocycles. The number of nitrogens with two attached hydrogens (primary N) is 1. The Morgan fingerprint density at radius 2 is 1.95 bits per heavy atom. The van der Waals surface area contributed by atoms with Gasteiger partial charge in [-0.2, -0.15) is 5.10 Å². The third-order valence-corrected chi connectivity index (χ3v) is 4.06. The number of ether oxygens (including phenoxy) is 1. The van der Waals surface area contributed by atoms with Crippen molar-refractivity contribution in [2.45, 2.75) is 45.1 Å². The van der Waals surface area contributed by atoms with E-state index in [0.717, 1.165) is 35.7 Å². The van der Waals surface area contributed by atoms with Crippen molar-refractivity contribution in [1.82, 2.24) is 9.78 Å². The van der Waals surface area contributed by atoms with Gasteiger partial charge in [-0.05, 0) is 43.5 Å². The maximum Gasteiger partial charge on any atom is 0.119 e. The highest BCUT2D eigenvalue weighted by molar-refractivity contribution is 5.72. The number of rotatable bonds is 5. The predicted molar refractivity (Wildman–Crippen MR) is 85.4 cm³/mol. The summed E-state index contributed by atoms with van der Waals surface area (Å²) in [4.78, 5) is 0. The van der Waals surface area contributed by atoms with Crippen molar-refractivity contribution in [2.24, 2.45) is 0 Å². The van der Waals surface area contributed by atoms with Gasteiger partial charge in [-0.25, -0.2) is 0 Å². The van der Waals surface area contributed by atoms with E-state index in [-0.39, 0.29) is 0 Å². The lowest BCUT2D eigenvalue weighted by Crippen LogP contribution is -2.04. The van der Waals surface area contributed by atoms with Gasteiger partial charge >= 0.3 is 0 Å². The molecule has 0 unspecified atom stereocenters. The first kappa shape index (κ1) is 14.0. The van der Waals surface area contributed by atoms with E-state index in [1.165, 1.54) is 25.7 Å². The largest absolute Gasteiger partial charge is 0.494 e. The predicted octanol–water partition coefficient (Wildman–Crippen LogP) is 4.04. The number of aromatic nitrogens is 2. The Kier molecular flexibility index (Phi) is 4.13. The van der Waals surface area contributed by atoms with Crippen LogP contribution in [-0.4, -0.2) is 16.4 Å². The summed E-state index contributed by atoms with van der Waals surface area (Å²) in [6.07, 6.45) is 8.01. The van der Waals surface area contributed by atoms with Crippen molar-refractivity contribution < 1.29 is 4.74 Å². The Labute approximate surface area is 125 Å². The fourth-order valence-electron chi connectivity index (χ4n) is 2.91. The summed E-state index contributed by atoms with van der Waals surface area (Å²) in [7, 11) is 0. The highest BCUT2D eigenvalue weighted by Crippen LogP contribution is 2.32. The third kappa shape index (κ3) is 3.04. The van der Waals surface area contributed by atoms with Gasteiger partial charge in [0, 0.05) is 11.8 Å². The van der Waals surface area contributed by atoms with E-state index in [1.54, 1.807) is 0 Å². The molecule has 0 amide bonds. The molecule has 1 aromatic heterocycles. The van der Waals surface area contributed by atoms with E-state index in [4.69, 9.17) is 15.6 Å². The van der Waals surface area contributed by atoms with Crippen LogP contribution in [0.3, 0.4) is 0 Å². The summed E-state index contributed by atoms with van der Waals surface area (Å²) >= 11 is 0. The maximum atomic E-state index is 6.14. The van der Waals surface area contributed by atoms with Gasteiger partial charge in [0.15, 0.2) is 0 Å². The third-order valence-electron chi connectivity index (χ3n) is 4.06. The van der Waals surface area contributed by atoms with Crippen LogP contribution in [0.1, 0.15) is 45.1 Å². The van der Waals surface area contributed by atoms with Crippen LogP contribution in [0.4, 0.5) is 5.69 Å². The first-order valence-electron chi connectivity index (χ1n) is 7.86. The summed E-state index contributed by atoms with van der Waals surface area (Å²) in [5.41, 5.74) is 8.83. The lowest BCUT2D eigenvalue weighted by Gasteiger charge is -2.08. The Bertz CT molecular complexity index is 583. The molecule has 1 saturated carbocycles. The van der Waals surface area contributed by atoms with Crippen molar-refractivity contribution in [3.63, 3.8) is 0 Å². The quantitative estimate of drug-likeness (QED) is 0.902. The highest BCUT2D eigenvalue weighted by atomic mass is 16.5. The van der Waals surface area contributed by atoms with E-state index in [0.29, 0.717) is 6.04 Å². The topological polar surface area (TPSA) is 53.1 Å². The van der Waals surface area contributed by atoms with Gasteiger partial charge in [0.2, 0.25) is 0 Å². The van der Waals surface area contributed by atoms with Crippen LogP contribution >= 0.6 is 0 Å². The smallest absolute Gasteiger partial charge is 0.119 e. The minimum absolute atomic E-state index is 0.521. The first-order chi connectivity index (χ1) is 10.3. The Hall–Kier alpha value is -1.97. The molecule has 0 aliphatic heterocycles. The number of nitrogen functional groups attached to an aromatic ring is 1. The van der Waals surface area contributed by atoms with E-state index in [1.807, 2.05) is 30.5 Å². The highest BCUT2D eigenvalue weighted by Gasteiger charge is 2.19. The molecule has 112 valence electrons. The van der Waals surface area contributed by atoms with Gasteiger partial charge in [0.25, 0.3) is 0 Å². The zero-order valence-electron chi connectivity index (χ0n) is 12.6. The summed E-state index contributed by atoms with van der Waals surface area (Å²) in [6.45, 7) is 2.85.